The maximum atomic E-state index is 12.8. The Hall–Kier alpha value is -2.43. The first-order valence-corrected chi connectivity index (χ1v) is 11.9. The van der Waals surface area contributed by atoms with Gasteiger partial charge in [0.25, 0.3) is 5.91 Å². The van der Waals surface area contributed by atoms with Gasteiger partial charge in [0.2, 0.25) is 12.1 Å². The summed E-state index contributed by atoms with van der Waals surface area (Å²) in [6.45, 7) is 5.85. The highest BCUT2D eigenvalue weighted by molar-refractivity contribution is 8.00. The smallest absolute Gasteiger partial charge is 0.357 e. The third-order valence-electron chi connectivity index (χ3n) is 5.27. The molecule has 2 N–H and O–H groups in total. The molecule has 4 atom stereocenters. The van der Waals surface area contributed by atoms with E-state index in [1.165, 1.54) is 0 Å². The maximum Gasteiger partial charge on any atom is 0.357 e. The first kappa shape index (κ1) is 25.2. The molecule has 0 radical (unpaired) electrons. The molecule has 2 heterocycles. The summed E-state index contributed by atoms with van der Waals surface area (Å²) in [5.41, 5.74) is -0.0656. The number of hydrogen-bond donors (Lipinski definition) is 2. The monoisotopic (exact) mass is 478 g/mol. The SMILES string of the molecule is CC(C)(C)OC(=O)C(O)N1C(=O)[C@@H](NC(=O)Cc2ccccc2)[C@H]1SCC(=O)C1CCOC1. The van der Waals surface area contributed by atoms with E-state index in [0.717, 1.165) is 22.2 Å². The van der Waals surface area contributed by atoms with Crippen LogP contribution < -0.4 is 5.32 Å². The van der Waals surface area contributed by atoms with Gasteiger partial charge in [-0.1, -0.05) is 30.3 Å². The number of ketones is 1. The largest absolute Gasteiger partial charge is 0.457 e. The summed E-state index contributed by atoms with van der Waals surface area (Å²) in [7, 11) is 0. The van der Waals surface area contributed by atoms with Gasteiger partial charge >= 0.3 is 5.97 Å². The molecule has 0 bridgehead atoms. The Labute approximate surface area is 197 Å². The molecule has 2 unspecified atom stereocenters. The average Bonchev–Trinajstić information content (AvgIpc) is 3.29. The van der Waals surface area contributed by atoms with Gasteiger partial charge in [-0.25, -0.2) is 4.79 Å². The number of amides is 2. The fourth-order valence-corrected chi connectivity index (χ4v) is 4.93. The molecule has 180 valence electrons. The molecular weight excluding hydrogens is 448 g/mol. The Morgan fingerprint density at radius 2 is 1.97 bits per heavy atom. The molecule has 0 aliphatic carbocycles. The van der Waals surface area contributed by atoms with Gasteiger partial charge in [-0.2, -0.15) is 0 Å². The number of rotatable bonds is 9. The number of hydrogen-bond acceptors (Lipinski definition) is 8. The fraction of sp³-hybridized carbons (Fsp3) is 0.565. The number of thioether (sulfide) groups is 1. The van der Waals surface area contributed by atoms with Gasteiger partial charge in [0.1, 0.15) is 22.8 Å². The number of Topliss-reactive ketones (excluding diaryl/α,β-unsaturated/α-hetero) is 1. The number of aliphatic hydroxyl groups is 1. The van der Waals surface area contributed by atoms with E-state index < -0.39 is 35.1 Å². The summed E-state index contributed by atoms with van der Waals surface area (Å²) < 4.78 is 10.4. The lowest BCUT2D eigenvalue weighted by Gasteiger charge is -2.48. The predicted octanol–water partition coefficient (Wildman–Crippen LogP) is 0.881. The van der Waals surface area contributed by atoms with Crippen LogP contribution in [0, 0.1) is 5.92 Å². The lowest BCUT2D eigenvalue weighted by atomic mass is 10.1. The highest BCUT2D eigenvalue weighted by atomic mass is 32.2. The molecule has 33 heavy (non-hydrogen) atoms. The molecule has 2 fully saturated rings. The van der Waals surface area contributed by atoms with E-state index >= 15 is 0 Å². The number of aliphatic hydroxyl groups excluding tert-OH is 1. The molecule has 10 heteroatoms. The summed E-state index contributed by atoms with van der Waals surface area (Å²) in [5, 5.41) is 12.4. The van der Waals surface area contributed by atoms with Gasteiger partial charge in [-0.15, -0.1) is 11.8 Å². The zero-order valence-electron chi connectivity index (χ0n) is 19.0. The van der Waals surface area contributed by atoms with Gasteiger partial charge < -0.3 is 19.9 Å². The van der Waals surface area contributed by atoms with E-state index in [1.807, 2.05) is 18.2 Å². The second-order valence-corrected chi connectivity index (χ2v) is 10.2. The van der Waals surface area contributed by atoms with Crippen LogP contribution >= 0.6 is 11.8 Å². The summed E-state index contributed by atoms with van der Waals surface area (Å²) in [6.07, 6.45) is -1.11. The van der Waals surface area contributed by atoms with Crippen molar-refractivity contribution in [3.05, 3.63) is 35.9 Å². The van der Waals surface area contributed by atoms with Crippen LogP contribution in [0.25, 0.3) is 0 Å². The van der Waals surface area contributed by atoms with Crippen LogP contribution in [0.15, 0.2) is 30.3 Å². The first-order valence-electron chi connectivity index (χ1n) is 10.9. The molecule has 1 aromatic rings. The standard InChI is InChI=1S/C23H30N2O7S/c1-23(2,3)32-22(30)20(29)25-19(28)18(24-17(27)11-14-7-5-4-6-8-14)21(25)33-13-16(26)15-9-10-31-12-15/h4-8,15,18,20-21,29H,9-13H2,1-3H3,(H,24,27)/t15?,18-,20?,21-/m1/s1. The molecule has 9 nitrogen and oxygen atoms in total. The second kappa shape index (κ2) is 10.7. The van der Waals surface area contributed by atoms with Crippen molar-refractivity contribution in [2.75, 3.05) is 19.0 Å². The molecular formula is C23H30N2O7S. The van der Waals surface area contributed by atoms with Gasteiger partial charge in [0.05, 0.1) is 18.8 Å². The number of carbonyl (C=O) groups is 4. The van der Waals surface area contributed by atoms with Crippen LogP contribution in [-0.4, -0.2) is 75.8 Å². The Kier molecular flexibility index (Phi) is 8.14. The van der Waals surface area contributed by atoms with Crippen LogP contribution in [-0.2, 0) is 35.1 Å². The minimum absolute atomic E-state index is 0.0297. The summed E-state index contributed by atoms with van der Waals surface area (Å²) in [5.74, 6) is -2.11. The Morgan fingerprint density at radius 1 is 1.27 bits per heavy atom. The summed E-state index contributed by atoms with van der Waals surface area (Å²) >= 11 is 1.11. The highest BCUT2D eigenvalue weighted by Crippen LogP contribution is 2.33. The molecule has 2 amide bonds. The minimum atomic E-state index is -1.83. The molecule has 3 rings (SSSR count). The molecule has 2 saturated heterocycles. The zero-order valence-corrected chi connectivity index (χ0v) is 19.8. The lowest BCUT2D eigenvalue weighted by molar-refractivity contribution is -0.189. The number of carbonyl (C=O) groups excluding carboxylic acids is 4. The van der Waals surface area contributed by atoms with Crippen LogP contribution in [0.1, 0.15) is 32.8 Å². The zero-order chi connectivity index (χ0) is 24.2. The van der Waals surface area contributed by atoms with Gasteiger partial charge in [0, 0.05) is 12.5 Å². The maximum absolute atomic E-state index is 12.8. The lowest BCUT2D eigenvalue weighted by Crippen LogP contribution is -2.73. The van der Waals surface area contributed by atoms with Crippen molar-refractivity contribution >= 4 is 35.3 Å². The van der Waals surface area contributed by atoms with E-state index in [4.69, 9.17) is 9.47 Å². The summed E-state index contributed by atoms with van der Waals surface area (Å²) in [4.78, 5) is 51.1. The third kappa shape index (κ3) is 6.55. The van der Waals surface area contributed by atoms with E-state index in [9.17, 15) is 24.3 Å². The van der Waals surface area contributed by atoms with Crippen molar-refractivity contribution in [3.63, 3.8) is 0 Å². The molecule has 2 aliphatic heterocycles. The Bertz CT molecular complexity index is 881. The molecule has 2 aliphatic rings. The van der Waals surface area contributed by atoms with Gasteiger partial charge in [0.15, 0.2) is 0 Å². The van der Waals surface area contributed by atoms with Crippen LogP contribution in [0.5, 0.6) is 0 Å². The van der Waals surface area contributed by atoms with Gasteiger partial charge in [-0.05, 0) is 32.8 Å². The fourth-order valence-electron chi connectivity index (χ4n) is 3.60. The van der Waals surface area contributed by atoms with E-state index in [-0.39, 0.29) is 29.8 Å². The van der Waals surface area contributed by atoms with E-state index in [2.05, 4.69) is 5.32 Å². The van der Waals surface area contributed by atoms with Crippen molar-refractivity contribution in [1.82, 2.24) is 10.2 Å². The Balaban J connectivity index is 1.67. The van der Waals surface area contributed by atoms with Crippen molar-refractivity contribution < 1.29 is 33.8 Å². The van der Waals surface area contributed by atoms with Crippen molar-refractivity contribution in [2.45, 2.75) is 56.9 Å². The van der Waals surface area contributed by atoms with Crippen LogP contribution in [0.3, 0.4) is 0 Å². The Morgan fingerprint density at radius 3 is 2.58 bits per heavy atom. The number of nitrogens with zero attached hydrogens (tertiary/aromatic N) is 1. The first-order chi connectivity index (χ1) is 15.6. The highest BCUT2D eigenvalue weighted by Gasteiger charge is 2.53. The quantitative estimate of drug-likeness (QED) is 0.396. The number of β-lactam (4-membered cyclic amide) rings is 1. The average molecular weight is 479 g/mol. The topological polar surface area (TPSA) is 122 Å². The van der Waals surface area contributed by atoms with Gasteiger partial charge in [-0.3, -0.25) is 19.3 Å². The number of likely N-dealkylation sites (tertiary alicyclic amines) is 1. The summed E-state index contributed by atoms with van der Waals surface area (Å²) in [6, 6.07) is 8.10. The molecule has 0 spiro atoms. The number of benzene rings is 1. The van der Waals surface area contributed by atoms with E-state index in [0.29, 0.717) is 19.6 Å². The van der Waals surface area contributed by atoms with Crippen molar-refractivity contribution in [2.24, 2.45) is 5.92 Å². The number of esters is 1. The van der Waals surface area contributed by atoms with Crippen molar-refractivity contribution in [1.29, 1.82) is 0 Å². The third-order valence-corrected chi connectivity index (χ3v) is 6.56. The predicted molar refractivity (Wildman–Crippen MR) is 121 cm³/mol. The van der Waals surface area contributed by atoms with Crippen LogP contribution in [0.4, 0.5) is 0 Å². The second-order valence-electron chi connectivity index (χ2n) is 9.09. The minimum Gasteiger partial charge on any atom is -0.457 e. The molecule has 1 aromatic carbocycles. The number of nitrogens with one attached hydrogen (secondary N) is 1. The van der Waals surface area contributed by atoms with Crippen molar-refractivity contribution in [3.8, 4) is 0 Å². The van der Waals surface area contributed by atoms with Crippen LogP contribution in [0.2, 0.25) is 0 Å². The molecule has 0 aromatic heterocycles. The van der Waals surface area contributed by atoms with E-state index in [1.54, 1.807) is 32.9 Å². The normalized spacial score (nSPS) is 23.6. The number of ether oxygens (including phenoxy) is 2. The molecule has 0 saturated carbocycles.